The SMILES string of the molecule is CCCCc1cc(C(=O)C(C)CC)c(C(C)=O)cc1CC. The molecule has 116 valence electrons. The van der Waals surface area contributed by atoms with Crippen molar-refractivity contribution in [3.63, 3.8) is 0 Å². The zero-order valence-electron chi connectivity index (χ0n) is 14.1. The normalized spacial score (nSPS) is 12.2. The Bertz CT molecular complexity index is 515. The van der Waals surface area contributed by atoms with Crippen LogP contribution >= 0.6 is 0 Å². The Balaban J connectivity index is 3.37. The summed E-state index contributed by atoms with van der Waals surface area (Å²) in [5, 5.41) is 0. The number of hydrogen-bond acceptors (Lipinski definition) is 2. The highest BCUT2D eigenvalue weighted by molar-refractivity contribution is 6.09. The molecule has 0 fully saturated rings. The van der Waals surface area contributed by atoms with Crippen LogP contribution in [0.1, 0.15) is 85.7 Å². The lowest BCUT2D eigenvalue weighted by molar-refractivity contribution is 0.0915. The molecule has 0 aliphatic heterocycles. The summed E-state index contributed by atoms with van der Waals surface area (Å²) in [6.07, 6.45) is 4.93. The van der Waals surface area contributed by atoms with E-state index in [9.17, 15) is 9.59 Å². The van der Waals surface area contributed by atoms with Crippen LogP contribution in [-0.2, 0) is 12.8 Å². The number of benzene rings is 1. The van der Waals surface area contributed by atoms with Crippen molar-refractivity contribution < 1.29 is 9.59 Å². The molecule has 0 spiro atoms. The Morgan fingerprint density at radius 2 is 1.67 bits per heavy atom. The van der Waals surface area contributed by atoms with Gasteiger partial charge in [-0.15, -0.1) is 0 Å². The summed E-state index contributed by atoms with van der Waals surface area (Å²) < 4.78 is 0. The van der Waals surface area contributed by atoms with E-state index in [4.69, 9.17) is 0 Å². The molecule has 1 unspecified atom stereocenters. The highest BCUT2D eigenvalue weighted by Gasteiger charge is 2.21. The van der Waals surface area contributed by atoms with Crippen molar-refractivity contribution in [2.75, 3.05) is 0 Å². The molecule has 0 heterocycles. The van der Waals surface area contributed by atoms with Gasteiger partial charge < -0.3 is 0 Å². The Kier molecular flexibility index (Phi) is 6.80. The molecule has 0 amide bonds. The van der Waals surface area contributed by atoms with Gasteiger partial charge in [-0.25, -0.2) is 0 Å². The Morgan fingerprint density at radius 3 is 2.14 bits per heavy atom. The van der Waals surface area contributed by atoms with Crippen molar-refractivity contribution in [3.05, 3.63) is 34.4 Å². The molecule has 0 aromatic heterocycles. The first-order valence-electron chi connectivity index (χ1n) is 8.17. The monoisotopic (exact) mass is 288 g/mol. The third kappa shape index (κ3) is 4.26. The van der Waals surface area contributed by atoms with Gasteiger partial charge in [0.1, 0.15) is 0 Å². The van der Waals surface area contributed by atoms with Crippen molar-refractivity contribution in [1.82, 2.24) is 0 Å². The molecule has 2 nitrogen and oxygen atoms in total. The smallest absolute Gasteiger partial charge is 0.166 e. The predicted molar refractivity (Wildman–Crippen MR) is 88.2 cm³/mol. The zero-order chi connectivity index (χ0) is 16.0. The molecule has 0 aliphatic rings. The Morgan fingerprint density at radius 1 is 1.05 bits per heavy atom. The van der Waals surface area contributed by atoms with Crippen molar-refractivity contribution in [2.45, 2.75) is 66.7 Å². The van der Waals surface area contributed by atoms with Crippen LogP contribution in [0.15, 0.2) is 12.1 Å². The van der Waals surface area contributed by atoms with Gasteiger partial charge in [0.25, 0.3) is 0 Å². The van der Waals surface area contributed by atoms with Crippen molar-refractivity contribution in [3.8, 4) is 0 Å². The number of unbranched alkanes of at least 4 members (excludes halogenated alkanes) is 1. The standard InChI is InChI=1S/C19H28O2/c1-6-9-10-16-12-18(19(21)13(4)7-2)17(14(5)20)11-15(16)8-3/h11-13H,6-10H2,1-5H3. The van der Waals surface area contributed by atoms with Crippen LogP contribution < -0.4 is 0 Å². The third-order valence-electron chi connectivity index (χ3n) is 4.23. The second-order valence-corrected chi connectivity index (χ2v) is 5.85. The van der Waals surface area contributed by atoms with Gasteiger partial charge in [-0.1, -0.05) is 34.1 Å². The number of hydrogen-bond donors (Lipinski definition) is 0. The van der Waals surface area contributed by atoms with Gasteiger partial charge in [0.05, 0.1) is 0 Å². The van der Waals surface area contributed by atoms with E-state index in [-0.39, 0.29) is 17.5 Å². The van der Waals surface area contributed by atoms with Crippen LogP contribution in [-0.4, -0.2) is 11.6 Å². The predicted octanol–water partition coefficient (Wildman–Crippen LogP) is 5.02. The van der Waals surface area contributed by atoms with Crippen LogP contribution in [0.4, 0.5) is 0 Å². The second kappa shape index (κ2) is 8.11. The van der Waals surface area contributed by atoms with Crippen LogP contribution in [0.5, 0.6) is 0 Å². The van der Waals surface area contributed by atoms with Gasteiger partial charge in [-0.2, -0.15) is 0 Å². The highest BCUT2D eigenvalue weighted by atomic mass is 16.1. The number of carbonyl (C=O) groups excluding carboxylic acids is 2. The topological polar surface area (TPSA) is 34.1 Å². The van der Waals surface area contributed by atoms with Crippen molar-refractivity contribution in [1.29, 1.82) is 0 Å². The van der Waals surface area contributed by atoms with E-state index in [0.717, 1.165) is 32.1 Å². The van der Waals surface area contributed by atoms with E-state index < -0.39 is 0 Å². The molecule has 0 N–H and O–H groups in total. The minimum Gasteiger partial charge on any atom is -0.294 e. The first kappa shape index (κ1) is 17.6. The Hall–Kier alpha value is -1.44. The average molecular weight is 288 g/mol. The van der Waals surface area contributed by atoms with Crippen LogP contribution in [0.2, 0.25) is 0 Å². The molecule has 1 atom stereocenters. The van der Waals surface area contributed by atoms with Crippen molar-refractivity contribution in [2.24, 2.45) is 5.92 Å². The summed E-state index contributed by atoms with van der Waals surface area (Å²) in [4.78, 5) is 24.5. The molecule has 0 radical (unpaired) electrons. The van der Waals surface area contributed by atoms with E-state index in [1.165, 1.54) is 11.1 Å². The number of aryl methyl sites for hydroxylation is 2. The van der Waals surface area contributed by atoms with E-state index >= 15 is 0 Å². The first-order valence-corrected chi connectivity index (χ1v) is 8.17. The average Bonchev–Trinajstić information content (AvgIpc) is 2.50. The maximum atomic E-state index is 12.6. The summed E-state index contributed by atoms with van der Waals surface area (Å²) >= 11 is 0. The van der Waals surface area contributed by atoms with Crippen LogP contribution in [0, 0.1) is 5.92 Å². The van der Waals surface area contributed by atoms with E-state index in [0.29, 0.717) is 11.1 Å². The molecule has 2 heteroatoms. The molecular weight excluding hydrogens is 260 g/mol. The molecule has 0 bridgehead atoms. The molecular formula is C19H28O2. The summed E-state index contributed by atoms with van der Waals surface area (Å²) in [7, 11) is 0. The van der Waals surface area contributed by atoms with Crippen LogP contribution in [0.3, 0.4) is 0 Å². The summed E-state index contributed by atoms with van der Waals surface area (Å²) in [6.45, 7) is 9.76. The molecule has 0 saturated carbocycles. The van der Waals surface area contributed by atoms with Gasteiger partial charge in [0.15, 0.2) is 11.6 Å². The molecule has 1 rings (SSSR count). The van der Waals surface area contributed by atoms with E-state index in [2.05, 4.69) is 13.8 Å². The molecule has 1 aromatic rings. The third-order valence-corrected chi connectivity index (χ3v) is 4.23. The fourth-order valence-electron chi connectivity index (χ4n) is 2.56. The molecule has 1 aromatic carbocycles. The Labute approximate surface area is 128 Å². The number of Topliss-reactive ketones (excluding diaryl/α,β-unsaturated/α-hetero) is 2. The molecule has 0 saturated heterocycles. The lowest BCUT2D eigenvalue weighted by Gasteiger charge is -2.16. The largest absolute Gasteiger partial charge is 0.294 e. The summed E-state index contributed by atoms with van der Waals surface area (Å²) in [5.74, 6) is 0.0519. The fourth-order valence-corrected chi connectivity index (χ4v) is 2.56. The van der Waals surface area contributed by atoms with Crippen molar-refractivity contribution >= 4 is 11.6 Å². The van der Waals surface area contributed by atoms with Gasteiger partial charge in [0, 0.05) is 17.0 Å². The van der Waals surface area contributed by atoms with E-state index in [1.54, 1.807) is 6.92 Å². The quantitative estimate of drug-likeness (QED) is 0.629. The lowest BCUT2D eigenvalue weighted by atomic mass is 9.87. The highest BCUT2D eigenvalue weighted by Crippen LogP contribution is 2.24. The van der Waals surface area contributed by atoms with E-state index in [1.807, 2.05) is 26.0 Å². The second-order valence-electron chi connectivity index (χ2n) is 5.85. The van der Waals surface area contributed by atoms with Gasteiger partial charge >= 0.3 is 0 Å². The summed E-state index contributed by atoms with van der Waals surface area (Å²) in [5.41, 5.74) is 3.66. The maximum absolute atomic E-state index is 12.6. The maximum Gasteiger partial charge on any atom is 0.166 e. The minimum atomic E-state index is -0.0328. The zero-order valence-corrected chi connectivity index (χ0v) is 14.1. The number of rotatable bonds is 8. The molecule has 0 aliphatic carbocycles. The number of ketones is 2. The van der Waals surface area contributed by atoms with Gasteiger partial charge in [-0.3, -0.25) is 9.59 Å². The number of carbonyl (C=O) groups is 2. The molecule has 21 heavy (non-hydrogen) atoms. The van der Waals surface area contributed by atoms with Gasteiger partial charge in [-0.05, 0) is 55.9 Å². The lowest BCUT2D eigenvalue weighted by Crippen LogP contribution is -2.16. The fraction of sp³-hybridized carbons (Fsp3) is 0.579. The van der Waals surface area contributed by atoms with Crippen LogP contribution in [0.25, 0.3) is 0 Å². The summed E-state index contributed by atoms with van der Waals surface area (Å²) in [6, 6.07) is 3.93. The first-order chi connectivity index (χ1) is 9.96. The van der Waals surface area contributed by atoms with Gasteiger partial charge in [0.2, 0.25) is 0 Å². The minimum absolute atomic E-state index is 0.0154.